The minimum Gasteiger partial charge on any atom is -0.339 e. The lowest BCUT2D eigenvalue weighted by atomic mass is 10.0. The summed E-state index contributed by atoms with van der Waals surface area (Å²) in [5, 5.41) is 0.592. The summed E-state index contributed by atoms with van der Waals surface area (Å²) in [6.45, 7) is 5.88. The molecule has 0 bridgehead atoms. The summed E-state index contributed by atoms with van der Waals surface area (Å²) < 4.78 is 1.61. The standard InChI is InChI=1S/C25H28N4O2/c1-18-26-23-7-3-2-6-22(23)25(31)29(18)21-10-8-19(9-11-21)24(30)28-16-12-20(13-17-28)27-14-4-5-15-27/h2-3,6-11,20H,4-5,12-17H2,1H3. The molecule has 5 rings (SSSR count). The zero-order valence-electron chi connectivity index (χ0n) is 18.0. The molecule has 2 aromatic carbocycles. The molecule has 0 aliphatic carbocycles. The number of fused-ring (bicyclic) bond motifs is 1. The van der Waals surface area contributed by atoms with Gasteiger partial charge in [-0.1, -0.05) is 12.1 Å². The van der Waals surface area contributed by atoms with Gasteiger partial charge in [-0.3, -0.25) is 14.2 Å². The second-order valence-corrected chi connectivity index (χ2v) is 8.63. The smallest absolute Gasteiger partial charge is 0.265 e. The first-order valence-corrected chi connectivity index (χ1v) is 11.2. The van der Waals surface area contributed by atoms with Crippen LogP contribution in [0.1, 0.15) is 41.9 Å². The fourth-order valence-electron chi connectivity index (χ4n) is 5.02. The predicted molar refractivity (Wildman–Crippen MR) is 122 cm³/mol. The van der Waals surface area contributed by atoms with E-state index < -0.39 is 0 Å². The lowest BCUT2D eigenvalue weighted by Gasteiger charge is -2.36. The molecular weight excluding hydrogens is 388 g/mol. The molecule has 1 amide bonds. The number of benzene rings is 2. The number of amides is 1. The van der Waals surface area contributed by atoms with Crippen molar-refractivity contribution in [3.05, 3.63) is 70.3 Å². The van der Waals surface area contributed by atoms with Gasteiger partial charge in [-0.05, 0) is 82.1 Å². The second kappa shape index (κ2) is 8.27. The second-order valence-electron chi connectivity index (χ2n) is 8.63. The molecule has 160 valence electrons. The molecular formula is C25H28N4O2. The van der Waals surface area contributed by atoms with Crippen LogP contribution in [0.25, 0.3) is 16.6 Å². The number of likely N-dealkylation sites (tertiary alicyclic amines) is 2. The minimum atomic E-state index is -0.0915. The molecule has 0 radical (unpaired) electrons. The lowest BCUT2D eigenvalue weighted by molar-refractivity contribution is 0.0644. The molecule has 2 fully saturated rings. The quantitative estimate of drug-likeness (QED) is 0.657. The average molecular weight is 417 g/mol. The van der Waals surface area contributed by atoms with Crippen molar-refractivity contribution < 1.29 is 4.79 Å². The SMILES string of the molecule is Cc1nc2ccccc2c(=O)n1-c1ccc(C(=O)N2CCC(N3CCCC3)CC2)cc1. The van der Waals surface area contributed by atoms with Gasteiger partial charge in [0.1, 0.15) is 5.82 Å². The van der Waals surface area contributed by atoms with Crippen LogP contribution in [0.15, 0.2) is 53.3 Å². The van der Waals surface area contributed by atoms with Gasteiger partial charge in [-0.15, -0.1) is 0 Å². The Labute approximate surface area is 182 Å². The molecule has 2 saturated heterocycles. The zero-order valence-corrected chi connectivity index (χ0v) is 18.0. The molecule has 3 aromatic rings. The van der Waals surface area contributed by atoms with Crippen molar-refractivity contribution in [1.29, 1.82) is 0 Å². The van der Waals surface area contributed by atoms with Gasteiger partial charge in [0.2, 0.25) is 0 Å². The molecule has 1 aromatic heterocycles. The maximum absolute atomic E-state index is 13.0. The van der Waals surface area contributed by atoms with E-state index in [0.29, 0.717) is 28.3 Å². The van der Waals surface area contributed by atoms with Gasteiger partial charge < -0.3 is 9.80 Å². The Bertz CT molecular complexity index is 1150. The predicted octanol–water partition coefficient (Wildman–Crippen LogP) is 3.39. The van der Waals surface area contributed by atoms with E-state index in [2.05, 4.69) is 9.88 Å². The highest BCUT2D eigenvalue weighted by Gasteiger charge is 2.28. The van der Waals surface area contributed by atoms with E-state index in [0.717, 1.165) is 31.6 Å². The Balaban J connectivity index is 1.33. The van der Waals surface area contributed by atoms with Crippen LogP contribution in [-0.4, -0.2) is 57.5 Å². The van der Waals surface area contributed by atoms with Crippen molar-refractivity contribution in [3.8, 4) is 5.69 Å². The highest BCUT2D eigenvalue weighted by Crippen LogP contribution is 2.22. The maximum Gasteiger partial charge on any atom is 0.265 e. The first-order chi connectivity index (χ1) is 15.1. The van der Waals surface area contributed by atoms with Crippen molar-refractivity contribution in [2.75, 3.05) is 26.2 Å². The summed E-state index contributed by atoms with van der Waals surface area (Å²) >= 11 is 0. The first-order valence-electron chi connectivity index (χ1n) is 11.2. The number of carbonyl (C=O) groups is 1. The molecule has 31 heavy (non-hydrogen) atoms. The van der Waals surface area contributed by atoms with Crippen molar-refractivity contribution in [2.45, 2.75) is 38.6 Å². The Kier molecular flexibility index (Phi) is 5.32. The van der Waals surface area contributed by atoms with Gasteiger partial charge in [-0.25, -0.2) is 4.98 Å². The van der Waals surface area contributed by atoms with Crippen molar-refractivity contribution >= 4 is 16.8 Å². The van der Waals surface area contributed by atoms with E-state index in [1.54, 1.807) is 10.6 Å². The fraction of sp³-hybridized carbons (Fsp3) is 0.400. The van der Waals surface area contributed by atoms with Gasteiger partial charge in [0.05, 0.1) is 16.6 Å². The van der Waals surface area contributed by atoms with Gasteiger partial charge in [0, 0.05) is 24.7 Å². The molecule has 2 aliphatic heterocycles. The summed E-state index contributed by atoms with van der Waals surface area (Å²) in [4.78, 5) is 35.1. The number of piperidine rings is 1. The highest BCUT2D eigenvalue weighted by molar-refractivity contribution is 5.94. The monoisotopic (exact) mass is 416 g/mol. The number of hydrogen-bond acceptors (Lipinski definition) is 4. The number of hydrogen-bond donors (Lipinski definition) is 0. The molecule has 0 unspecified atom stereocenters. The topological polar surface area (TPSA) is 58.4 Å². The molecule has 0 spiro atoms. The van der Waals surface area contributed by atoms with Crippen LogP contribution >= 0.6 is 0 Å². The lowest BCUT2D eigenvalue weighted by Crippen LogP contribution is -2.45. The van der Waals surface area contributed by atoms with Crippen molar-refractivity contribution in [2.24, 2.45) is 0 Å². The van der Waals surface area contributed by atoms with E-state index >= 15 is 0 Å². The van der Waals surface area contributed by atoms with Gasteiger partial charge in [0.25, 0.3) is 11.5 Å². The zero-order chi connectivity index (χ0) is 21.4. The van der Waals surface area contributed by atoms with Crippen LogP contribution in [0, 0.1) is 6.92 Å². The van der Waals surface area contributed by atoms with E-state index in [-0.39, 0.29) is 11.5 Å². The van der Waals surface area contributed by atoms with Gasteiger partial charge in [0.15, 0.2) is 0 Å². The Hall–Kier alpha value is -2.99. The highest BCUT2D eigenvalue weighted by atomic mass is 16.2. The molecule has 3 heterocycles. The Morgan fingerprint density at radius 3 is 2.32 bits per heavy atom. The Morgan fingerprint density at radius 1 is 0.935 bits per heavy atom. The van der Waals surface area contributed by atoms with Crippen LogP contribution in [-0.2, 0) is 0 Å². The fourth-order valence-corrected chi connectivity index (χ4v) is 5.02. The minimum absolute atomic E-state index is 0.0760. The van der Waals surface area contributed by atoms with E-state index in [1.807, 2.05) is 54.3 Å². The van der Waals surface area contributed by atoms with Crippen LogP contribution in [0.5, 0.6) is 0 Å². The number of nitrogens with zero attached hydrogens (tertiary/aromatic N) is 4. The summed E-state index contributed by atoms with van der Waals surface area (Å²) in [6, 6.07) is 15.3. The summed E-state index contributed by atoms with van der Waals surface area (Å²) in [5.41, 5.74) is 2.00. The number of aromatic nitrogens is 2. The van der Waals surface area contributed by atoms with Gasteiger partial charge >= 0.3 is 0 Å². The summed E-state index contributed by atoms with van der Waals surface area (Å²) in [7, 11) is 0. The Morgan fingerprint density at radius 2 is 1.61 bits per heavy atom. The third-order valence-corrected chi connectivity index (χ3v) is 6.72. The maximum atomic E-state index is 13.0. The average Bonchev–Trinajstić information content (AvgIpc) is 3.34. The van der Waals surface area contributed by atoms with Crippen LogP contribution in [0.4, 0.5) is 0 Å². The number of rotatable bonds is 3. The molecule has 6 nitrogen and oxygen atoms in total. The molecule has 0 N–H and O–H groups in total. The van der Waals surface area contributed by atoms with E-state index in [9.17, 15) is 9.59 Å². The normalized spacial score (nSPS) is 18.0. The first kappa shape index (κ1) is 19.9. The molecule has 0 atom stereocenters. The number of para-hydroxylation sites is 1. The third-order valence-electron chi connectivity index (χ3n) is 6.72. The number of aryl methyl sites for hydroxylation is 1. The van der Waals surface area contributed by atoms with Crippen LogP contribution in [0.2, 0.25) is 0 Å². The summed E-state index contributed by atoms with van der Waals surface area (Å²) in [6.07, 6.45) is 4.73. The van der Waals surface area contributed by atoms with Gasteiger partial charge in [-0.2, -0.15) is 0 Å². The van der Waals surface area contributed by atoms with E-state index in [1.165, 1.54) is 25.9 Å². The molecule has 2 aliphatic rings. The molecule has 6 heteroatoms. The van der Waals surface area contributed by atoms with Crippen molar-refractivity contribution in [1.82, 2.24) is 19.4 Å². The summed E-state index contributed by atoms with van der Waals surface area (Å²) in [5.74, 6) is 0.707. The third kappa shape index (κ3) is 3.76. The molecule has 0 saturated carbocycles. The van der Waals surface area contributed by atoms with E-state index in [4.69, 9.17) is 0 Å². The largest absolute Gasteiger partial charge is 0.339 e. The van der Waals surface area contributed by atoms with Crippen LogP contribution < -0.4 is 5.56 Å². The van der Waals surface area contributed by atoms with Crippen LogP contribution in [0.3, 0.4) is 0 Å². The van der Waals surface area contributed by atoms with Crippen molar-refractivity contribution in [3.63, 3.8) is 0 Å². The number of carbonyl (C=O) groups excluding carboxylic acids is 1.